The Morgan fingerprint density at radius 2 is 2.06 bits per heavy atom. The molecule has 0 aromatic heterocycles. The summed E-state index contributed by atoms with van der Waals surface area (Å²) in [6.45, 7) is 6.25. The van der Waals surface area contributed by atoms with Crippen molar-refractivity contribution in [1.29, 1.82) is 0 Å². The molecule has 94 valence electrons. The standard InChI is InChI=1S/C15H24N2/c1-11-5-3-4-6-14(11)15(9-16)17-10-12(2)13-7-8-13/h3-6,12-13,15,17H,7-10,16H2,1-2H3. The van der Waals surface area contributed by atoms with Gasteiger partial charge in [0.2, 0.25) is 0 Å². The molecule has 3 N–H and O–H groups in total. The van der Waals surface area contributed by atoms with Gasteiger partial charge in [-0.1, -0.05) is 31.2 Å². The van der Waals surface area contributed by atoms with Crippen LogP contribution in [0.15, 0.2) is 24.3 Å². The molecule has 1 aromatic rings. The van der Waals surface area contributed by atoms with Crippen molar-refractivity contribution in [2.45, 2.75) is 32.7 Å². The number of nitrogens with one attached hydrogen (secondary N) is 1. The van der Waals surface area contributed by atoms with Crippen molar-refractivity contribution in [3.63, 3.8) is 0 Å². The van der Waals surface area contributed by atoms with E-state index in [4.69, 9.17) is 5.73 Å². The maximum Gasteiger partial charge on any atom is 0.0447 e. The zero-order chi connectivity index (χ0) is 12.3. The predicted octanol–water partition coefficient (Wildman–Crippen LogP) is 2.63. The fourth-order valence-electron chi connectivity index (χ4n) is 2.46. The van der Waals surface area contributed by atoms with Gasteiger partial charge < -0.3 is 11.1 Å². The molecule has 1 aliphatic carbocycles. The molecule has 0 saturated heterocycles. The second-order valence-electron chi connectivity index (χ2n) is 5.37. The van der Waals surface area contributed by atoms with Crippen molar-refractivity contribution in [1.82, 2.24) is 5.32 Å². The molecule has 2 rings (SSSR count). The average molecular weight is 232 g/mol. The van der Waals surface area contributed by atoms with Crippen molar-refractivity contribution in [2.24, 2.45) is 17.6 Å². The highest BCUT2D eigenvalue weighted by Gasteiger charge is 2.28. The van der Waals surface area contributed by atoms with Crippen LogP contribution in [-0.2, 0) is 0 Å². The van der Waals surface area contributed by atoms with Crippen LogP contribution in [0.4, 0.5) is 0 Å². The summed E-state index contributed by atoms with van der Waals surface area (Å²) >= 11 is 0. The topological polar surface area (TPSA) is 38.0 Å². The zero-order valence-electron chi connectivity index (χ0n) is 10.9. The van der Waals surface area contributed by atoms with Gasteiger partial charge in [0.25, 0.3) is 0 Å². The summed E-state index contributed by atoms with van der Waals surface area (Å²) in [4.78, 5) is 0. The first-order chi connectivity index (χ1) is 8.22. The van der Waals surface area contributed by atoms with E-state index in [0.717, 1.165) is 18.4 Å². The van der Waals surface area contributed by atoms with E-state index in [2.05, 4.69) is 43.4 Å². The van der Waals surface area contributed by atoms with Gasteiger partial charge >= 0.3 is 0 Å². The maximum absolute atomic E-state index is 5.89. The van der Waals surface area contributed by atoms with E-state index in [1.807, 2.05) is 0 Å². The van der Waals surface area contributed by atoms with E-state index < -0.39 is 0 Å². The van der Waals surface area contributed by atoms with Crippen LogP contribution in [0.1, 0.15) is 36.9 Å². The molecular weight excluding hydrogens is 208 g/mol. The monoisotopic (exact) mass is 232 g/mol. The molecule has 1 saturated carbocycles. The van der Waals surface area contributed by atoms with Gasteiger partial charge in [-0.3, -0.25) is 0 Å². The van der Waals surface area contributed by atoms with Gasteiger partial charge in [-0.05, 0) is 49.3 Å². The maximum atomic E-state index is 5.89. The Labute approximate surface area is 105 Å². The molecule has 2 unspecified atom stereocenters. The first kappa shape index (κ1) is 12.6. The van der Waals surface area contributed by atoms with Crippen LogP contribution in [0.2, 0.25) is 0 Å². The smallest absolute Gasteiger partial charge is 0.0447 e. The Morgan fingerprint density at radius 1 is 1.35 bits per heavy atom. The molecule has 2 nitrogen and oxygen atoms in total. The third kappa shape index (κ3) is 3.30. The fraction of sp³-hybridized carbons (Fsp3) is 0.600. The minimum absolute atomic E-state index is 0.303. The fourth-order valence-corrected chi connectivity index (χ4v) is 2.46. The van der Waals surface area contributed by atoms with Gasteiger partial charge in [0.15, 0.2) is 0 Å². The Kier molecular flexibility index (Phi) is 4.19. The minimum atomic E-state index is 0.303. The number of rotatable bonds is 6. The molecule has 0 heterocycles. The third-order valence-corrected chi connectivity index (χ3v) is 3.91. The molecular formula is C15H24N2. The van der Waals surface area contributed by atoms with E-state index in [1.165, 1.54) is 24.0 Å². The first-order valence-corrected chi connectivity index (χ1v) is 6.71. The molecule has 2 heteroatoms. The normalized spacial score (nSPS) is 19.0. The Hall–Kier alpha value is -0.860. The van der Waals surface area contributed by atoms with Crippen molar-refractivity contribution in [3.8, 4) is 0 Å². The van der Waals surface area contributed by atoms with E-state index in [9.17, 15) is 0 Å². The van der Waals surface area contributed by atoms with E-state index >= 15 is 0 Å². The Morgan fingerprint density at radius 3 is 2.65 bits per heavy atom. The van der Waals surface area contributed by atoms with Crippen LogP contribution in [0.3, 0.4) is 0 Å². The lowest BCUT2D eigenvalue weighted by molar-refractivity contribution is 0.422. The lowest BCUT2D eigenvalue weighted by Gasteiger charge is -2.21. The number of benzene rings is 1. The van der Waals surface area contributed by atoms with Gasteiger partial charge in [0, 0.05) is 12.6 Å². The summed E-state index contributed by atoms with van der Waals surface area (Å²) in [6, 6.07) is 8.82. The van der Waals surface area contributed by atoms with E-state index in [1.54, 1.807) is 0 Å². The zero-order valence-corrected chi connectivity index (χ0v) is 10.9. The molecule has 0 amide bonds. The van der Waals surface area contributed by atoms with Crippen molar-refractivity contribution >= 4 is 0 Å². The van der Waals surface area contributed by atoms with Crippen molar-refractivity contribution in [2.75, 3.05) is 13.1 Å². The quantitative estimate of drug-likeness (QED) is 0.791. The van der Waals surface area contributed by atoms with E-state index in [0.29, 0.717) is 12.6 Å². The first-order valence-electron chi connectivity index (χ1n) is 6.71. The Bertz CT molecular complexity index is 358. The van der Waals surface area contributed by atoms with Crippen LogP contribution < -0.4 is 11.1 Å². The summed E-state index contributed by atoms with van der Waals surface area (Å²) in [5.74, 6) is 1.74. The minimum Gasteiger partial charge on any atom is -0.329 e. The molecule has 1 aromatic carbocycles. The van der Waals surface area contributed by atoms with Crippen LogP contribution in [0, 0.1) is 18.8 Å². The average Bonchev–Trinajstić information content (AvgIpc) is 3.15. The highest BCUT2D eigenvalue weighted by molar-refractivity contribution is 5.28. The van der Waals surface area contributed by atoms with E-state index in [-0.39, 0.29) is 0 Å². The molecule has 0 bridgehead atoms. The number of hydrogen-bond acceptors (Lipinski definition) is 2. The molecule has 1 fully saturated rings. The number of nitrogens with two attached hydrogens (primary N) is 1. The summed E-state index contributed by atoms with van der Waals surface area (Å²) in [5, 5.41) is 3.62. The van der Waals surface area contributed by atoms with Gasteiger partial charge in [-0.15, -0.1) is 0 Å². The summed E-state index contributed by atoms with van der Waals surface area (Å²) < 4.78 is 0. The predicted molar refractivity (Wildman–Crippen MR) is 72.9 cm³/mol. The summed E-state index contributed by atoms with van der Waals surface area (Å²) in [5.41, 5.74) is 8.56. The SMILES string of the molecule is Cc1ccccc1C(CN)NCC(C)C1CC1. The van der Waals surface area contributed by atoms with Gasteiger partial charge in [0.1, 0.15) is 0 Å². The molecule has 2 atom stereocenters. The Balaban J connectivity index is 1.93. The van der Waals surface area contributed by atoms with Gasteiger partial charge in [0.05, 0.1) is 0 Å². The molecule has 17 heavy (non-hydrogen) atoms. The largest absolute Gasteiger partial charge is 0.329 e. The molecule has 0 aliphatic heterocycles. The summed E-state index contributed by atoms with van der Waals surface area (Å²) in [7, 11) is 0. The summed E-state index contributed by atoms with van der Waals surface area (Å²) in [6.07, 6.45) is 2.83. The van der Waals surface area contributed by atoms with Gasteiger partial charge in [-0.2, -0.15) is 0 Å². The van der Waals surface area contributed by atoms with Crippen LogP contribution in [0.5, 0.6) is 0 Å². The van der Waals surface area contributed by atoms with Crippen LogP contribution >= 0.6 is 0 Å². The molecule has 0 spiro atoms. The second-order valence-corrected chi connectivity index (χ2v) is 5.37. The highest BCUT2D eigenvalue weighted by Crippen LogP contribution is 2.36. The van der Waals surface area contributed by atoms with Crippen LogP contribution in [-0.4, -0.2) is 13.1 Å². The molecule has 1 aliphatic rings. The highest BCUT2D eigenvalue weighted by atomic mass is 14.9. The molecule has 0 radical (unpaired) electrons. The number of aryl methyl sites for hydroxylation is 1. The second kappa shape index (κ2) is 5.65. The third-order valence-electron chi connectivity index (χ3n) is 3.91. The lowest BCUT2D eigenvalue weighted by atomic mass is 10.00. The lowest BCUT2D eigenvalue weighted by Crippen LogP contribution is -2.32. The van der Waals surface area contributed by atoms with Crippen molar-refractivity contribution in [3.05, 3.63) is 35.4 Å². The number of hydrogen-bond donors (Lipinski definition) is 2. The van der Waals surface area contributed by atoms with Gasteiger partial charge in [-0.25, -0.2) is 0 Å². The van der Waals surface area contributed by atoms with Crippen molar-refractivity contribution < 1.29 is 0 Å². The van der Waals surface area contributed by atoms with Crippen LogP contribution in [0.25, 0.3) is 0 Å².